The van der Waals surface area contributed by atoms with Crippen molar-refractivity contribution in [2.24, 2.45) is 4.99 Å². The number of allylic oxidation sites excluding steroid dienone is 2. The molecule has 0 amide bonds. The van der Waals surface area contributed by atoms with Crippen molar-refractivity contribution >= 4 is 28.3 Å². The van der Waals surface area contributed by atoms with Gasteiger partial charge in [-0.1, -0.05) is 49.4 Å². The van der Waals surface area contributed by atoms with Crippen LogP contribution < -0.4 is 21.3 Å². The number of nitrogens with one attached hydrogen (secondary N) is 1. The molecule has 1 aliphatic rings. The second kappa shape index (κ2) is 9.93. The number of methoxy groups -OCH3 is 1. The molecule has 5 rings (SSSR count). The Kier molecular flexibility index (Phi) is 6.50. The minimum atomic E-state index is -0.779. The standard InChI is InChI=1S/C29H26N4O5/c1-4-8-23(34)25-17(2)30-29-31-22(16-18-9-7-11-20(15-18)33(36)37)28(35)32(29)27(25)26-21-12-6-5-10-19(21)13-14-24(26)38-3/h5-7,9-16,27H,4,8H2,1-3H3,(H,30,31). The maximum atomic E-state index is 13.9. The molecule has 1 atom stereocenters. The van der Waals surface area contributed by atoms with E-state index in [1.165, 1.54) is 16.7 Å². The zero-order valence-corrected chi connectivity index (χ0v) is 21.2. The van der Waals surface area contributed by atoms with Gasteiger partial charge in [0, 0.05) is 29.7 Å². The van der Waals surface area contributed by atoms with E-state index in [2.05, 4.69) is 9.98 Å². The van der Waals surface area contributed by atoms with E-state index < -0.39 is 16.5 Å². The molecule has 0 aliphatic carbocycles. The normalized spacial score (nSPS) is 15.3. The summed E-state index contributed by atoms with van der Waals surface area (Å²) in [6.07, 6.45) is 2.51. The number of Topliss-reactive ketones (excluding diaryl/α,β-unsaturated/α-hetero) is 1. The molecule has 3 aromatic carbocycles. The van der Waals surface area contributed by atoms with Gasteiger partial charge in [-0.3, -0.25) is 24.3 Å². The molecule has 0 spiro atoms. The third kappa shape index (κ3) is 4.21. The Morgan fingerprint density at radius 1 is 1.18 bits per heavy atom. The fourth-order valence-corrected chi connectivity index (χ4v) is 5.05. The van der Waals surface area contributed by atoms with Crippen molar-refractivity contribution in [1.82, 2.24) is 9.55 Å². The number of carbonyl (C=O) groups is 1. The number of ether oxygens (including phenoxy) is 1. The summed E-state index contributed by atoms with van der Waals surface area (Å²) in [4.78, 5) is 45.9. The number of fused-ring (bicyclic) bond motifs is 2. The molecule has 9 nitrogen and oxygen atoms in total. The van der Waals surface area contributed by atoms with Gasteiger partial charge in [-0.15, -0.1) is 0 Å². The van der Waals surface area contributed by atoms with E-state index >= 15 is 0 Å². The summed E-state index contributed by atoms with van der Waals surface area (Å²) >= 11 is 0. The van der Waals surface area contributed by atoms with Crippen molar-refractivity contribution in [3.05, 3.63) is 114 Å². The summed E-state index contributed by atoms with van der Waals surface area (Å²) in [5.74, 6) is 0.463. The Hall–Kier alpha value is -4.79. The Labute approximate surface area is 217 Å². The molecule has 4 aromatic rings. The number of nitro benzene ring substituents is 1. The highest BCUT2D eigenvalue weighted by Crippen LogP contribution is 2.40. The van der Waals surface area contributed by atoms with E-state index in [1.54, 1.807) is 32.2 Å². The molecule has 1 N–H and O–H groups in total. The van der Waals surface area contributed by atoms with Gasteiger partial charge in [0.15, 0.2) is 5.78 Å². The van der Waals surface area contributed by atoms with Crippen molar-refractivity contribution in [2.45, 2.75) is 32.7 Å². The fraction of sp³-hybridized carbons (Fsp3) is 0.207. The number of nitrogens with zero attached hydrogens (tertiary/aromatic N) is 3. The summed E-state index contributed by atoms with van der Waals surface area (Å²) in [5, 5.41) is 13.2. The van der Waals surface area contributed by atoms with Crippen LogP contribution in [-0.4, -0.2) is 27.4 Å². The van der Waals surface area contributed by atoms with E-state index in [0.717, 1.165) is 10.8 Å². The van der Waals surface area contributed by atoms with E-state index in [4.69, 9.17) is 4.74 Å². The number of carbonyl (C=O) groups excluding carboxylic acids is 1. The zero-order valence-electron chi connectivity index (χ0n) is 21.2. The molecule has 1 aromatic heterocycles. The molecule has 2 heterocycles. The van der Waals surface area contributed by atoms with Gasteiger partial charge in [-0.25, -0.2) is 4.99 Å². The zero-order chi connectivity index (χ0) is 27.0. The van der Waals surface area contributed by atoms with Crippen LogP contribution in [0.15, 0.2) is 81.7 Å². The number of ketones is 1. The van der Waals surface area contributed by atoms with Gasteiger partial charge in [0.2, 0.25) is 5.62 Å². The lowest BCUT2D eigenvalue weighted by molar-refractivity contribution is -0.384. The Balaban J connectivity index is 1.83. The summed E-state index contributed by atoms with van der Waals surface area (Å²) < 4.78 is 7.25. The number of hydrogen-bond donors (Lipinski definition) is 1. The second-order valence-corrected chi connectivity index (χ2v) is 9.12. The number of benzene rings is 3. The summed E-state index contributed by atoms with van der Waals surface area (Å²) in [5.41, 5.74) is 1.96. The molecule has 0 bridgehead atoms. The minimum Gasteiger partial charge on any atom is -0.496 e. The Morgan fingerprint density at radius 3 is 2.71 bits per heavy atom. The first-order valence-corrected chi connectivity index (χ1v) is 12.3. The van der Waals surface area contributed by atoms with Crippen molar-refractivity contribution < 1.29 is 14.5 Å². The van der Waals surface area contributed by atoms with Crippen LogP contribution in [0.3, 0.4) is 0 Å². The molecule has 9 heteroatoms. The molecule has 1 unspecified atom stereocenters. The molecule has 192 valence electrons. The lowest BCUT2D eigenvalue weighted by atomic mass is 9.87. The van der Waals surface area contributed by atoms with Crippen molar-refractivity contribution in [3.63, 3.8) is 0 Å². The average Bonchev–Trinajstić information content (AvgIpc) is 3.21. The molecule has 0 saturated carbocycles. The quantitative estimate of drug-likeness (QED) is 0.298. The number of non-ortho nitro benzene ring substituents is 1. The summed E-state index contributed by atoms with van der Waals surface area (Å²) in [6, 6.07) is 16.8. The lowest BCUT2D eigenvalue weighted by Crippen LogP contribution is -2.40. The van der Waals surface area contributed by atoms with Gasteiger partial charge in [0.1, 0.15) is 11.1 Å². The molecule has 0 radical (unpaired) electrons. The predicted molar refractivity (Wildman–Crippen MR) is 144 cm³/mol. The van der Waals surface area contributed by atoms with Gasteiger partial charge < -0.3 is 9.72 Å². The van der Waals surface area contributed by atoms with Crippen LogP contribution in [0.25, 0.3) is 16.8 Å². The van der Waals surface area contributed by atoms with Crippen molar-refractivity contribution in [3.8, 4) is 5.75 Å². The monoisotopic (exact) mass is 510 g/mol. The SMILES string of the molecule is CCCC(=O)C1=C(C)N=c2[nH]c(=Cc3cccc([N+](=O)[O-])c3)c(=O)n2C1c1c(OC)ccc2ccccc12. The molecule has 0 fully saturated rings. The number of aromatic amines is 1. The molecule has 1 aliphatic heterocycles. The highest BCUT2D eigenvalue weighted by molar-refractivity contribution is 5.99. The molecule has 38 heavy (non-hydrogen) atoms. The molecular weight excluding hydrogens is 484 g/mol. The highest BCUT2D eigenvalue weighted by Gasteiger charge is 2.34. The van der Waals surface area contributed by atoms with Crippen LogP contribution >= 0.6 is 0 Å². The summed E-state index contributed by atoms with van der Waals surface area (Å²) in [6.45, 7) is 3.70. The van der Waals surface area contributed by atoms with E-state index in [1.807, 2.05) is 43.3 Å². The van der Waals surface area contributed by atoms with Gasteiger partial charge in [0.25, 0.3) is 11.2 Å². The first-order valence-electron chi connectivity index (χ1n) is 12.3. The van der Waals surface area contributed by atoms with Crippen LogP contribution in [0.5, 0.6) is 5.75 Å². The number of H-pyrrole nitrogens is 1. The Morgan fingerprint density at radius 2 is 1.97 bits per heavy atom. The van der Waals surface area contributed by atoms with Crippen LogP contribution in [0, 0.1) is 10.1 Å². The number of nitro groups is 1. The Bertz CT molecular complexity index is 1810. The van der Waals surface area contributed by atoms with Crippen LogP contribution in [0.4, 0.5) is 5.69 Å². The molecular formula is C29H26N4O5. The van der Waals surface area contributed by atoms with E-state index in [0.29, 0.717) is 41.0 Å². The number of aromatic nitrogens is 2. The third-order valence-electron chi connectivity index (χ3n) is 6.71. The number of hydrogen-bond acceptors (Lipinski definition) is 6. The van der Waals surface area contributed by atoms with Gasteiger partial charge in [-0.05, 0) is 41.8 Å². The van der Waals surface area contributed by atoms with E-state index in [9.17, 15) is 19.7 Å². The maximum Gasteiger partial charge on any atom is 0.277 e. The number of imidazole rings is 1. The lowest BCUT2D eigenvalue weighted by Gasteiger charge is -2.27. The van der Waals surface area contributed by atoms with Crippen LogP contribution in [-0.2, 0) is 4.79 Å². The van der Waals surface area contributed by atoms with Crippen LogP contribution in [0.2, 0.25) is 0 Å². The smallest absolute Gasteiger partial charge is 0.277 e. The topological polar surface area (TPSA) is 120 Å². The first-order chi connectivity index (χ1) is 18.3. The van der Waals surface area contributed by atoms with Crippen LogP contribution in [0.1, 0.15) is 43.9 Å². The van der Waals surface area contributed by atoms with Gasteiger partial charge >= 0.3 is 0 Å². The van der Waals surface area contributed by atoms with Gasteiger partial charge in [-0.2, -0.15) is 0 Å². The van der Waals surface area contributed by atoms with Crippen molar-refractivity contribution in [2.75, 3.05) is 7.11 Å². The first kappa shape index (κ1) is 24.9. The van der Waals surface area contributed by atoms with Gasteiger partial charge in [0.05, 0.1) is 23.8 Å². The number of rotatable bonds is 7. The average molecular weight is 511 g/mol. The largest absolute Gasteiger partial charge is 0.496 e. The maximum absolute atomic E-state index is 13.9. The fourth-order valence-electron chi connectivity index (χ4n) is 5.05. The minimum absolute atomic E-state index is 0.0804. The molecule has 0 saturated heterocycles. The van der Waals surface area contributed by atoms with E-state index in [-0.39, 0.29) is 22.4 Å². The van der Waals surface area contributed by atoms with Crippen molar-refractivity contribution in [1.29, 1.82) is 0 Å². The highest BCUT2D eigenvalue weighted by atomic mass is 16.6. The predicted octanol–water partition coefficient (Wildman–Crippen LogP) is 3.94. The third-order valence-corrected chi connectivity index (χ3v) is 6.71. The second-order valence-electron chi connectivity index (χ2n) is 9.12. The summed E-state index contributed by atoms with van der Waals surface area (Å²) in [7, 11) is 1.56.